The van der Waals surface area contributed by atoms with Crippen molar-refractivity contribution in [2.45, 2.75) is 26.3 Å². The SMILES string of the molecule is CCc1nsc(N2CCCN(Cc3ccc(Cl)cc3C#N)CC2)n1. The molecule has 3 rings (SSSR count). The normalized spacial score (nSPS) is 16.0. The highest BCUT2D eigenvalue weighted by molar-refractivity contribution is 7.09. The highest BCUT2D eigenvalue weighted by Gasteiger charge is 2.19. The van der Waals surface area contributed by atoms with Crippen LogP contribution in [-0.2, 0) is 13.0 Å². The second-order valence-electron chi connectivity index (χ2n) is 5.88. The Morgan fingerprint density at radius 1 is 1.29 bits per heavy atom. The number of hydrogen-bond acceptors (Lipinski definition) is 6. The molecule has 0 bridgehead atoms. The minimum absolute atomic E-state index is 0.611. The van der Waals surface area contributed by atoms with E-state index in [4.69, 9.17) is 11.6 Å². The lowest BCUT2D eigenvalue weighted by Crippen LogP contribution is -2.30. The molecular formula is C17H20ClN5S. The quantitative estimate of drug-likeness (QED) is 0.835. The Morgan fingerprint density at radius 2 is 2.17 bits per heavy atom. The van der Waals surface area contributed by atoms with Crippen LogP contribution in [0.4, 0.5) is 5.13 Å². The third kappa shape index (κ3) is 4.04. The van der Waals surface area contributed by atoms with Gasteiger partial charge in [-0.1, -0.05) is 24.6 Å². The van der Waals surface area contributed by atoms with Crippen LogP contribution in [0, 0.1) is 11.3 Å². The van der Waals surface area contributed by atoms with E-state index >= 15 is 0 Å². The number of rotatable bonds is 4. The van der Waals surface area contributed by atoms with E-state index in [1.165, 1.54) is 11.5 Å². The lowest BCUT2D eigenvalue weighted by molar-refractivity contribution is 0.285. The number of aromatic nitrogens is 2. The average molecular weight is 362 g/mol. The zero-order valence-corrected chi connectivity index (χ0v) is 15.3. The van der Waals surface area contributed by atoms with Crippen LogP contribution in [0.3, 0.4) is 0 Å². The van der Waals surface area contributed by atoms with Crippen molar-refractivity contribution in [2.24, 2.45) is 0 Å². The van der Waals surface area contributed by atoms with Crippen molar-refractivity contribution in [3.8, 4) is 6.07 Å². The largest absolute Gasteiger partial charge is 0.346 e. The van der Waals surface area contributed by atoms with Crippen LogP contribution in [0.25, 0.3) is 0 Å². The van der Waals surface area contributed by atoms with E-state index in [2.05, 4.69) is 32.2 Å². The third-order valence-corrected chi connectivity index (χ3v) is 5.27. The molecule has 2 heterocycles. The number of anilines is 1. The Balaban J connectivity index is 1.64. The fourth-order valence-electron chi connectivity index (χ4n) is 2.87. The van der Waals surface area contributed by atoms with E-state index in [0.717, 1.165) is 62.1 Å². The summed E-state index contributed by atoms with van der Waals surface area (Å²) in [4.78, 5) is 9.32. The number of benzene rings is 1. The van der Waals surface area contributed by atoms with Crippen LogP contribution in [0.1, 0.15) is 30.3 Å². The van der Waals surface area contributed by atoms with Gasteiger partial charge in [-0.2, -0.15) is 9.64 Å². The van der Waals surface area contributed by atoms with E-state index in [-0.39, 0.29) is 0 Å². The summed E-state index contributed by atoms with van der Waals surface area (Å²) in [6.07, 6.45) is 1.96. The number of nitriles is 1. The van der Waals surface area contributed by atoms with Crippen LogP contribution >= 0.6 is 23.1 Å². The molecular weight excluding hydrogens is 342 g/mol. The zero-order chi connectivity index (χ0) is 16.9. The molecule has 1 fully saturated rings. The smallest absolute Gasteiger partial charge is 0.205 e. The second kappa shape index (κ2) is 7.93. The van der Waals surface area contributed by atoms with E-state index in [9.17, 15) is 5.26 Å². The highest BCUT2D eigenvalue weighted by Crippen LogP contribution is 2.21. The summed E-state index contributed by atoms with van der Waals surface area (Å²) in [5, 5.41) is 10.9. The average Bonchev–Trinajstić information content (AvgIpc) is 2.96. The number of aryl methyl sites for hydroxylation is 1. The summed E-state index contributed by atoms with van der Waals surface area (Å²) in [5.41, 5.74) is 1.71. The Bertz CT molecular complexity index is 739. The summed E-state index contributed by atoms with van der Waals surface area (Å²) in [6, 6.07) is 7.81. The Kier molecular flexibility index (Phi) is 5.67. The topological polar surface area (TPSA) is 56.1 Å². The Morgan fingerprint density at radius 3 is 2.92 bits per heavy atom. The summed E-state index contributed by atoms with van der Waals surface area (Å²) < 4.78 is 4.38. The first-order chi connectivity index (χ1) is 11.7. The fraction of sp³-hybridized carbons (Fsp3) is 0.471. The molecule has 1 aromatic heterocycles. The maximum Gasteiger partial charge on any atom is 0.205 e. The second-order valence-corrected chi connectivity index (χ2v) is 7.04. The van der Waals surface area contributed by atoms with Crippen LogP contribution in [0.5, 0.6) is 0 Å². The lowest BCUT2D eigenvalue weighted by atomic mass is 10.1. The minimum atomic E-state index is 0.611. The zero-order valence-electron chi connectivity index (χ0n) is 13.7. The minimum Gasteiger partial charge on any atom is -0.346 e. The van der Waals surface area contributed by atoms with Gasteiger partial charge in [0.05, 0.1) is 11.6 Å². The van der Waals surface area contributed by atoms with Crippen molar-refractivity contribution in [3.05, 3.63) is 40.2 Å². The number of nitrogens with zero attached hydrogens (tertiary/aromatic N) is 5. The third-order valence-electron chi connectivity index (χ3n) is 4.22. The maximum atomic E-state index is 9.30. The van der Waals surface area contributed by atoms with Gasteiger partial charge in [-0.05, 0) is 24.1 Å². The van der Waals surface area contributed by atoms with Gasteiger partial charge in [-0.25, -0.2) is 4.98 Å². The molecule has 0 aliphatic carbocycles. The van der Waals surface area contributed by atoms with Crippen LogP contribution < -0.4 is 4.90 Å². The van der Waals surface area contributed by atoms with Crippen molar-refractivity contribution in [1.29, 1.82) is 5.26 Å². The molecule has 0 radical (unpaired) electrons. The molecule has 1 aromatic carbocycles. The first kappa shape index (κ1) is 17.2. The summed E-state index contributed by atoms with van der Waals surface area (Å²) >= 11 is 7.47. The van der Waals surface area contributed by atoms with E-state index in [0.29, 0.717) is 10.6 Å². The molecule has 0 spiro atoms. The standard InChI is InChI=1S/C17H20ClN5S/c1-2-16-20-17(24-21-16)23-7-3-6-22(8-9-23)12-13-4-5-15(18)10-14(13)11-19/h4-5,10H,2-3,6-9,12H2,1H3. The molecule has 1 saturated heterocycles. The molecule has 1 aliphatic rings. The van der Waals surface area contributed by atoms with Gasteiger partial charge in [0.25, 0.3) is 0 Å². The van der Waals surface area contributed by atoms with Gasteiger partial charge in [0.1, 0.15) is 5.82 Å². The van der Waals surface area contributed by atoms with Crippen molar-refractivity contribution in [3.63, 3.8) is 0 Å². The summed E-state index contributed by atoms with van der Waals surface area (Å²) in [5.74, 6) is 0.927. The molecule has 0 atom stereocenters. The van der Waals surface area contributed by atoms with Crippen LogP contribution in [-0.4, -0.2) is 40.4 Å². The van der Waals surface area contributed by atoms with Crippen LogP contribution in [0.2, 0.25) is 5.02 Å². The monoisotopic (exact) mass is 361 g/mol. The fourth-order valence-corrected chi connectivity index (χ4v) is 3.84. The first-order valence-electron chi connectivity index (χ1n) is 8.18. The van der Waals surface area contributed by atoms with Crippen molar-refractivity contribution in [1.82, 2.24) is 14.3 Å². The lowest BCUT2D eigenvalue weighted by Gasteiger charge is -2.21. The van der Waals surface area contributed by atoms with Crippen molar-refractivity contribution in [2.75, 3.05) is 31.1 Å². The van der Waals surface area contributed by atoms with Gasteiger partial charge >= 0.3 is 0 Å². The van der Waals surface area contributed by atoms with Gasteiger partial charge < -0.3 is 4.90 Å². The van der Waals surface area contributed by atoms with Crippen molar-refractivity contribution >= 4 is 28.3 Å². The van der Waals surface area contributed by atoms with Gasteiger partial charge in [-0.15, -0.1) is 0 Å². The van der Waals surface area contributed by atoms with E-state index in [1.807, 2.05) is 12.1 Å². The first-order valence-corrected chi connectivity index (χ1v) is 9.33. The Hall–Kier alpha value is -1.68. The summed E-state index contributed by atoms with van der Waals surface area (Å²) in [6.45, 7) is 6.77. The molecule has 5 nitrogen and oxygen atoms in total. The molecule has 2 aromatic rings. The molecule has 1 aliphatic heterocycles. The number of hydrogen-bond donors (Lipinski definition) is 0. The Labute approximate surface area is 151 Å². The highest BCUT2D eigenvalue weighted by atomic mass is 35.5. The van der Waals surface area contributed by atoms with E-state index < -0.39 is 0 Å². The molecule has 0 N–H and O–H groups in total. The van der Waals surface area contributed by atoms with Gasteiger partial charge in [0, 0.05) is 55.7 Å². The molecule has 24 heavy (non-hydrogen) atoms. The maximum absolute atomic E-state index is 9.30. The predicted octanol–water partition coefficient (Wildman–Crippen LogP) is 3.34. The molecule has 126 valence electrons. The molecule has 0 saturated carbocycles. The van der Waals surface area contributed by atoms with Crippen molar-refractivity contribution < 1.29 is 0 Å². The molecule has 0 unspecified atom stereocenters. The van der Waals surface area contributed by atoms with Gasteiger partial charge in [0.15, 0.2) is 0 Å². The van der Waals surface area contributed by atoms with E-state index in [1.54, 1.807) is 6.07 Å². The molecule has 0 amide bonds. The van der Waals surface area contributed by atoms with Crippen LogP contribution in [0.15, 0.2) is 18.2 Å². The summed E-state index contributed by atoms with van der Waals surface area (Å²) in [7, 11) is 0. The predicted molar refractivity (Wildman–Crippen MR) is 97.6 cm³/mol. The number of halogens is 1. The van der Waals surface area contributed by atoms with Gasteiger partial charge in [0.2, 0.25) is 5.13 Å². The molecule has 7 heteroatoms. The van der Waals surface area contributed by atoms with Gasteiger partial charge in [-0.3, -0.25) is 4.90 Å².